The van der Waals surface area contributed by atoms with Crippen LogP contribution >= 0.6 is 34.5 Å². The highest BCUT2D eigenvalue weighted by Gasteiger charge is 2.12. The second-order valence-electron chi connectivity index (χ2n) is 4.35. The average Bonchev–Trinajstić information content (AvgIpc) is 3.09. The van der Waals surface area contributed by atoms with Crippen molar-refractivity contribution >= 4 is 46.5 Å². The summed E-state index contributed by atoms with van der Waals surface area (Å²) in [5.41, 5.74) is 0.724. The minimum atomic E-state index is -0.246. The van der Waals surface area contributed by atoms with E-state index in [2.05, 4.69) is 15.5 Å². The molecule has 0 unspecified atom stereocenters. The van der Waals surface area contributed by atoms with E-state index in [1.54, 1.807) is 36.4 Å². The second kappa shape index (κ2) is 6.48. The van der Waals surface area contributed by atoms with Gasteiger partial charge < -0.3 is 4.42 Å². The standard InChI is InChI=1S/C14H9Cl2N3O2S/c15-9-3-1-8(2-4-9)13-18-19-14(21-13)17-12(20)7-10-5-6-11(16)22-10/h1-6H,7H2,(H,17,19,20). The Hall–Kier alpha value is -1.89. The van der Waals surface area contributed by atoms with E-state index in [0.29, 0.717) is 15.2 Å². The van der Waals surface area contributed by atoms with Gasteiger partial charge in [0.2, 0.25) is 11.8 Å². The molecular formula is C14H9Cl2N3O2S. The summed E-state index contributed by atoms with van der Waals surface area (Å²) in [6, 6.07) is 10.6. The highest BCUT2D eigenvalue weighted by atomic mass is 35.5. The van der Waals surface area contributed by atoms with Gasteiger partial charge in [-0.15, -0.1) is 16.4 Å². The molecule has 0 spiro atoms. The number of carbonyl (C=O) groups excluding carboxylic acids is 1. The SMILES string of the molecule is O=C(Cc1ccc(Cl)s1)Nc1nnc(-c2ccc(Cl)cc2)o1. The third-order valence-electron chi connectivity index (χ3n) is 2.73. The number of halogens is 2. The van der Waals surface area contributed by atoms with Gasteiger partial charge in [0.15, 0.2) is 0 Å². The van der Waals surface area contributed by atoms with Crippen molar-refractivity contribution in [1.82, 2.24) is 10.2 Å². The van der Waals surface area contributed by atoms with Crippen molar-refractivity contribution < 1.29 is 9.21 Å². The van der Waals surface area contributed by atoms with Crippen LogP contribution in [0.1, 0.15) is 4.88 Å². The fourth-order valence-corrected chi connectivity index (χ4v) is 2.96. The van der Waals surface area contributed by atoms with Gasteiger partial charge in [0.05, 0.1) is 10.8 Å². The van der Waals surface area contributed by atoms with E-state index in [1.807, 2.05) is 0 Å². The van der Waals surface area contributed by atoms with E-state index >= 15 is 0 Å². The molecule has 0 radical (unpaired) electrons. The Kier molecular flexibility index (Phi) is 4.42. The number of nitrogens with zero attached hydrogens (tertiary/aromatic N) is 2. The van der Waals surface area contributed by atoms with Crippen LogP contribution in [0.4, 0.5) is 6.01 Å². The molecule has 0 aliphatic heterocycles. The van der Waals surface area contributed by atoms with E-state index in [9.17, 15) is 4.79 Å². The maximum atomic E-state index is 11.9. The van der Waals surface area contributed by atoms with Crippen molar-refractivity contribution in [2.75, 3.05) is 5.32 Å². The zero-order chi connectivity index (χ0) is 15.5. The Labute approximate surface area is 139 Å². The Morgan fingerprint density at radius 2 is 1.91 bits per heavy atom. The molecule has 1 N–H and O–H groups in total. The number of rotatable bonds is 4. The lowest BCUT2D eigenvalue weighted by Crippen LogP contribution is -2.13. The quantitative estimate of drug-likeness (QED) is 0.759. The first-order valence-corrected chi connectivity index (χ1v) is 7.81. The molecule has 1 amide bonds. The van der Waals surface area contributed by atoms with E-state index in [0.717, 1.165) is 10.4 Å². The molecule has 0 bridgehead atoms. The van der Waals surface area contributed by atoms with Crippen molar-refractivity contribution in [2.45, 2.75) is 6.42 Å². The molecule has 22 heavy (non-hydrogen) atoms. The smallest absolute Gasteiger partial charge is 0.322 e. The van der Waals surface area contributed by atoms with Crippen molar-refractivity contribution in [3.8, 4) is 11.5 Å². The lowest BCUT2D eigenvalue weighted by Gasteiger charge is -1.98. The van der Waals surface area contributed by atoms with Gasteiger partial charge in [0.1, 0.15) is 0 Å². The number of hydrogen-bond acceptors (Lipinski definition) is 5. The van der Waals surface area contributed by atoms with Gasteiger partial charge in [-0.05, 0) is 36.4 Å². The number of nitrogens with one attached hydrogen (secondary N) is 1. The molecule has 0 aliphatic rings. The van der Waals surface area contributed by atoms with E-state index in [-0.39, 0.29) is 18.3 Å². The fraction of sp³-hybridized carbons (Fsp3) is 0.0714. The van der Waals surface area contributed by atoms with Gasteiger partial charge in [-0.25, -0.2) is 0 Å². The third kappa shape index (κ3) is 3.65. The lowest BCUT2D eigenvalue weighted by molar-refractivity contribution is -0.115. The molecule has 5 nitrogen and oxygen atoms in total. The first-order valence-electron chi connectivity index (χ1n) is 6.23. The molecule has 0 aliphatic carbocycles. The van der Waals surface area contributed by atoms with Gasteiger partial charge in [-0.2, -0.15) is 0 Å². The monoisotopic (exact) mass is 353 g/mol. The molecule has 1 aromatic carbocycles. The lowest BCUT2D eigenvalue weighted by atomic mass is 10.2. The number of benzene rings is 1. The van der Waals surface area contributed by atoms with Crippen molar-refractivity contribution in [2.24, 2.45) is 0 Å². The van der Waals surface area contributed by atoms with Crippen LogP contribution in [0.2, 0.25) is 9.36 Å². The van der Waals surface area contributed by atoms with Gasteiger partial charge in [-0.1, -0.05) is 28.3 Å². The maximum Gasteiger partial charge on any atom is 0.322 e. The molecular weight excluding hydrogens is 345 g/mol. The number of aromatic nitrogens is 2. The van der Waals surface area contributed by atoms with Gasteiger partial charge in [0, 0.05) is 15.5 Å². The van der Waals surface area contributed by atoms with E-state index in [1.165, 1.54) is 11.3 Å². The van der Waals surface area contributed by atoms with Gasteiger partial charge in [-0.3, -0.25) is 10.1 Å². The van der Waals surface area contributed by atoms with Crippen LogP contribution in [0.3, 0.4) is 0 Å². The molecule has 0 fully saturated rings. The maximum absolute atomic E-state index is 11.9. The van der Waals surface area contributed by atoms with Crippen LogP contribution in [-0.4, -0.2) is 16.1 Å². The van der Waals surface area contributed by atoms with Crippen LogP contribution in [0.5, 0.6) is 0 Å². The molecule has 0 saturated heterocycles. The summed E-state index contributed by atoms with van der Waals surface area (Å²) in [5, 5.41) is 10.9. The molecule has 112 valence electrons. The predicted octanol–water partition coefficient (Wildman–Crippen LogP) is 4.29. The van der Waals surface area contributed by atoms with Crippen molar-refractivity contribution in [3.63, 3.8) is 0 Å². The molecule has 3 rings (SSSR count). The summed E-state index contributed by atoms with van der Waals surface area (Å²) >= 11 is 13.0. The summed E-state index contributed by atoms with van der Waals surface area (Å²) in [6.07, 6.45) is 0.204. The topological polar surface area (TPSA) is 68.0 Å². The zero-order valence-electron chi connectivity index (χ0n) is 11.0. The first kappa shape index (κ1) is 15.0. The number of anilines is 1. The minimum absolute atomic E-state index is 0.0533. The Morgan fingerprint density at radius 1 is 1.14 bits per heavy atom. The summed E-state index contributed by atoms with van der Waals surface area (Å²) in [4.78, 5) is 12.7. The molecule has 0 atom stereocenters. The number of amides is 1. The molecule has 2 heterocycles. The normalized spacial score (nSPS) is 10.6. The summed E-state index contributed by atoms with van der Waals surface area (Å²) in [5.74, 6) is 0.0657. The highest BCUT2D eigenvalue weighted by Crippen LogP contribution is 2.23. The Balaban J connectivity index is 1.66. The first-order chi connectivity index (χ1) is 10.6. The molecule has 2 aromatic heterocycles. The summed E-state index contributed by atoms with van der Waals surface area (Å²) in [7, 11) is 0. The minimum Gasteiger partial charge on any atom is -0.403 e. The van der Waals surface area contributed by atoms with Gasteiger partial charge >= 0.3 is 6.01 Å². The number of thiophene rings is 1. The van der Waals surface area contributed by atoms with Crippen LogP contribution in [-0.2, 0) is 11.2 Å². The molecule has 3 aromatic rings. The molecule has 0 saturated carbocycles. The van der Waals surface area contributed by atoms with Crippen LogP contribution in [0, 0.1) is 0 Å². The van der Waals surface area contributed by atoms with Crippen LogP contribution in [0.15, 0.2) is 40.8 Å². The van der Waals surface area contributed by atoms with Gasteiger partial charge in [0.25, 0.3) is 0 Å². The van der Waals surface area contributed by atoms with Crippen molar-refractivity contribution in [3.05, 3.63) is 50.6 Å². The Morgan fingerprint density at radius 3 is 2.59 bits per heavy atom. The third-order valence-corrected chi connectivity index (χ3v) is 4.21. The zero-order valence-corrected chi connectivity index (χ0v) is 13.4. The Bertz CT molecular complexity index is 799. The number of carbonyl (C=O) groups is 1. The largest absolute Gasteiger partial charge is 0.403 e. The fourth-order valence-electron chi connectivity index (χ4n) is 1.75. The van der Waals surface area contributed by atoms with Crippen LogP contribution < -0.4 is 5.32 Å². The molecule has 8 heteroatoms. The summed E-state index contributed by atoms with van der Waals surface area (Å²) < 4.78 is 6.05. The highest BCUT2D eigenvalue weighted by molar-refractivity contribution is 7.16. The number of hydrogen-bond donors (Lipinski definition) is 1. The second-order valence-corrected chi connectivity index (χ2v) is 6.59. The van der Waals surface area contributed by atoms with E-state index < -0.39 is 0 Å². The van der Waals surface area contributed by atoms with Crippen molar-refractivity contribution in [1.29, 1.82) is 0 Å². The average molecular weight is 354 g/mol. The van der Waals surface area contributed by atoms with E-state index in [4.69, 9.17) is 27.6 Å². The van der Waals surface area contributed by atoms with Crippen LogP contribution in [0.25, 0.3) is 11.5 Å². The predicted molar refractivity (Wildman–Crippen MR) is 86.4 cm³/mol. The summed E-state index contributed by atoms with van der Waals surface area (Å²) in [6.45, 7) is 0.